The van der Waals surface area contributed by atoms with Gasteiger partial charge >= 0.3 is 0 Å². The van der Waals surface area contributed by atoms with Crippen LogP contribution in [0.15, 0.2) is 30.3 Å². The molecule has 1 aromatic carbocycles. The van der Waals surface area contributed by atoms with E-state index in [0.717, 1.165) is 19.6 Å². The van der Waals surface area contributed by atoms with Gasteiger partial charge in [-0.1, -0.05) is 30.3 Å². The largest absolute Gasteiger partial charge is 0.304 e. The lowest BCUT2D eigenvalue weighted by atomic mass is 10.0. The Morgan fingerprint density at radius 1 is 0.952 bits per heavy atom. The smallest absolute Gasteiger partial charge is 0.0259 e. The van der Waals surface area contributed by atoms with Gasteiger partial charge in [-0.2, -0.15) is 0 Å². The fraction of sp³-hybridized carbons (Fsp3) is 0.647. The molecule has 2 saturated heterocycles. The quantitative estimate of drug-likeness (QED) is 0.904. The van der Waals surface area contributed by atoms with Gasteiger partial charge in [0.25, 0.3) is 0 Å². The minimum atomic E-state index is 0.667. The number of likely N-dealkylation sites (N-methyl/N-ethyl adjacent to an activating group) is 1. The van der Waals surface area contributed by atoms with Gasteiger partial charge in [0, 0.05) is 51.9 Å². The maximum absolute atomic E-state index is 3.74. The number of hydrogen-bond donors (Lipinski definition) is 1. The molecule has 2 heterocycles. The number of nitrogens with one attached hydrogen (secondary N) is 1. The summed E-state index contributed by atoms with van der Waals surface area (Å²) in [6.45, 7) is 8.18. The molecule has 0 aromatic heterocycles. The average molecular weight is 288 g/mol. The average Bonchev–Trinajstić information content (AvgIpc) is 2.53. The van der Waals surface area contributed by atoms with E-state index < -0.39 is 0 Å². The van der Waals surface area contributed by atoms with E-state index in [4.69, 9.17) is 0 Å². The van der Waals surface area contributed by atoms with Crippen molar-refractivity contribution in [1.29, 1.82) is 0 Å². The van der Waals surface area contributed by atoms with Crippen molar-refractivity contribution in [2.75, 3.05) is 46.3 Å². The standard InChI is InChI=1S/C17H28N4/c1-19-11-13-21(14-12-19)18-17-7-9-20(10-8-17)15-16-5-3-2-4-6-16/h2-6,17-18H,7-15H2,1H3. The fourth-order valence-corrected chi connectivity index (χ4v) is 3.26. The molecular weight excluding hydrogens is 260 g/mol. The molecule has 0 unspecified atom stereocenters. The molecule has 0 atom stereocenters. The minimum absolute atomic E-state index is 0.667. The third-order valence-electron chi connectivity index (χ3n) is 4.71. The highest BCUT2D eigenvalue weighted by atomic mass is 15.5. The summed E-state index contributed by atoms with van der Waals surface area (Å²) in [5.41, 5.74) is 5.18. The van der Waals surface area contributed by atoms with Crippen molar-refractivity contribution in [3.8, 4) is 0 Å². The maximum atomic E-state index is 3.74. The molecule has 2 fully saturated rings. The molecule has 0 radical (unpaired) electrons. The molecule has 21 heavy (non-hydrogen) atoms. The molecule has 1 N–H and O–H groups in total. The number of rotatable bonds is 4. The number of hydrazine groups is 1. The van der Waals surface area contributed by atoms with Crippen LogP contribution in [0.4, 0.5) is 0 Å². The van der Waals surface area contributed by atoms with Gasteiger partial charge in [-0.3, -0.25) is 10.3 Å². The summed E-state index contributed by atoms with van der Waals surface area (Å²) < 4.78 is 0. The lowest BCUT2D eigenvalue weighted by molar-refractivity contribution is 0.0656. The molecule has 0 aliphatic carbocycles. The van der Waals surface area contributed by atoms with Crippen LogP contribution in [0.5, 0.6) is 0 Å². The van der Waals surface area contributed by atoms with Gasteiger partial charge in [-0.15, -0.1) is 0 Å². The first-order chi connectivity index (χ1) is 10.3. The summed E-state index contributed by atoms with van der Waals surface area (Å²) in [6, 6.07) is 11.5. The summed E-state index contributed by atoms with van der Waals surface area (Å²) in [5.74, 6) is 0. The molecule has 2 aliphatic rings. The summed E-state index contributed by atoms with van der Waals surface area (Å²) in [4.78, 5) is 4.98. The van der Waals surface area contributed by atoms with Gasteiger partial charge < -0.3 is 4.90 Å². The van der Waals surface area contributed by atoms with Crippen LogP contribution in [0.1, 0.15) is 18.4 Å². The van der Waals surface area contributed by atoms with Crippen LogP contribution < -0.4 is 5.43 Å². The van der Waals surface area contributed by atoms with Crippen LogP contribution in [-0.2, 0) is 6.54 Å². The second-order valence-electron chi connectivity index (χ2n) is 6.46. The molecule has 116 valence electrons. The second-order valence-corrected chi connectivity index (χ2v) is 6.46. The minimum Gasteiger partial charge on any atom is -0.304 e. The number of piperidine rings is 1. The van der Waals surface area contributed by atoms with Gasteiger partial charge in [-0.05, 0) is 25.5 Å². The number of nitrogens with zero attached hydrogens (tertiary/aromatic N) is 3. The van der Waals surface area contributed by atoms with Crippen LogP contribution in [0.2, 0.25) is 0 Å². The Labute approximate surface area is 128 Å². The monoisotopic (exact) mass is 288 g/mol. The van der Waals surface area contributed by atoms with E-state index in [1.165, 1.54) is 44.6 Å². The summed E-state index contributed by atoms with van der Waals surface area (Å²) >= 11 is 0. The molecule has 0 spiro atoms. The molecule has 4 heteroatoms. The Hall–Kier alpha value is -0.940. The number of hydrogen-bond acceptors (Lipinski definition) is 4. The molecule has 4 nitrogen and oxygen atoms in total. The summed E-state index contributed by atoms with van der Waals surface area (Å²) in [7, 11) is 2.21. The molecule has 0 bridgehead atoms. The van der Waals surface area contributed by atoms with E-state index in [-0.39, 0.29) is 0 Å². The zero-order valence-electron chi connectivity index (χ0n) is 13.2. The molecule has 2 aliphatic heterocycles. The third kappa shape index (κ3) is 4.51. The number of benzene rings is 1. The number of piperazine rings is 1. The Bertz CT molecular complexity index is 406. The van der Waals surface area contributed by atoms with Crippen molar-refractivity contribution < 1.29 is 0 Å². The summed E-state index contributed by atoms with van der Waals surface area (Å²) in [6.07, 6.45) is 2.53. The van der Waals surface area contributed by atoms with Crippen LogP contribution in [0, 0.1) is 0 Å². The molecule has 0 saturated carbocycles. The normalized spacial score (nSPS) is 23.5. The van der Waals surface area contributed by atoms with E-state index in [1.807, 2.05) is 0 Å². The Balaban J connectivity index is 1.39. The SMILES string of the molecule is CN1CCN(NC2CCN(Cc3ccccc3)CC2)CC1. The number of likely N-dealkylation sites (tertiary alicyclic amines) is 1. The van der Waals surface area contributed by atoms with Crippen LogP contribution in [-0.4, -0.2) is 67.2 Å². The Kier molecular flexibility index (Phi) is 5.25. The first-order valence-electron chi connectivity index (χ1n) is 8.25. The van der Waals surface area contributed by atoms with E-state index in [2.05, 4.69) is 57.6 Å². The van der Waals surface area contributed by atoms with E-state index in [1.54, 1.807) is 0 Å². The zero-order valence-corrected chi connectivity index (χ0v) is 13.2. The van der Waals surface area contributed by atoms with Crippen molar-refractivity contribution in [3.63, 3.8) is 0 Å². The first-order valence-corrected chi connectivity index (χ1v) is 8.25. The second kappa shape index (κ2) is 7.36. The first kappa shape index (κ1) is 15.0. The highest BCUT2D eigenvalue weighted by Crippen LogP contribution is 2.14. The molecule has 1 aromatic rings. The van der Waals surface area contributed by atoms with Crippen LogP contribution in [0.25, 0.3) is 0 Å². The third-order valence-corrected chi connectivity index (χ3v) is 4.71. The lowest BCUT2D eigenvalue weighted by Crippen LogP contribution is -2.55. The highest BCUT2D eigenvalue weighted by molar-refractivity contribution is 5.14. The lowest BCUT2D eigenvalue weighted by Gasteiger charge is -2.38. The Morgan fingerprint density at radius 3 is 2.29 bits per heavy atom. The Morgan fingerprint density at radius 2 is 1.62 bits per heavy atom. The van der Waals surface area contributed by atoms with E-state index >= 15 is 0 Å². The summed E-state index contributed by atoms with van der Waals surface area (Å²) in [5, 5.41) is 2.43. The van der Waals surface area contributed by atoms with Crippen LogP contribution in [0.3, 0.4) is 0 Å². The topological polar surface area (TPSA) is 21.8 Å². The van der Waals surface area contributed by atoms with Crippen molar-refractivity contribution >= 4 is 0 Å². The predicted octanol–water partition coefficient (Wildman–Crippen LogP) is 1.40. The van der Waals surface area contributed by atoms with E-state index in [0.29, 0.717) is 6.04 Å². The van der Waals surface area contributed by atoms with Gasteiger partial charge in [0.15, 0.2) is 0 Å². The van der Waals surface area contributed by atoms with Gasteiger partial charge in [0.2, 0.25) is 0 Å². The van der Waals surface area contributed by atoms with Crippen molar-refractivity contribution in [1.82, 2.24) is 20.2 Å². The highest BCUT2D eigenvalue weighted by Gasteiger charge is 2.22. The van der Waals surface area contributed by atoms with Crippen molar-refractivity contribution in [2.45, 2.75) is 25.4 Å². The van der Waals surface area contributed by atoms with Crippen molar-refractivity contribution in [2.24, 2.45) is 0 Å². The maximum Gasteiger partial charge on any atom is 0.0259 e. The molecule has 0 amide bonds. The molecule has 3 rings (SSSR count). The van der Waals surface area contributed by atoms with Crippen LogP contribution >= 0.6 is 0 Å². The van der Waals surface area contributed by atoms with Gasteiger partial charge in [0.05, 0.1) is 0 Å². The zero-order chi connectivity index (χ0) is 14.5. The van der Waals surface area contributed by atoms with Gasteiger partial charge in [0.1, 0.15) is 0 Å². The van der Waals surface area contributed by atoms with Gasteiger partial charge in [-0.25, -0.2) is 5.01 Å². The fourth-order valence-electron chi connectivity index (χ4n) is 3.26. The van der Waals surface area contributed by atoms with Crippen molar-refractivity contribution in [3.05, 3.63) is 35.9 Å². The van der Waals surface area contributed by atoms with E-state index in [9.17, 15) is 0 Å². The predicted molar refractivity (Wildman–Crippen MR) is 86.9 cm³/mol. The molecular formula is C17H28N4.